The van der Waals surface area contributed by atoms with Crippen LogP contribution in [0.3, 0.4) is 0 Å². The SMILES string of the molecule is COc1ccc(-c2noc(CN(C)C(=O)[C@@H](C)SCc3ccccc3)n2)c(OC)c1. The van der Waals surface area contributed by atoms with Crippen LogP contribution in [0, 0.1) is 0 Å². The quantitative estimate of drug-likeness (QED) is 0.510. The van der Waals surface area contributed by atoms with Crippen LogP contribution in [-0.2, 0) is 17.1 Å². The summed E-state index contributed by atoms with van der Waals surface area (Å²) >= 11 is 1.60. The molecule has 0 aliphatic carbocycles. The fourth-order valence-electron chi connectivity index (χ4n) is 2.87. The first-order valence-corrected chi connectivity index (χ1v) is 10.5. The molecule has 3 rings (SSSR count). The van der Waals surface area contributed by atoms with Gasteiger partial charge >= 0.3 is 0 Å². The molecule has 1 aromatic heterocycles. The van der Waals surface area contributed by atoms with Gasteiger partial charge in [-0.3, -0.25) is 4.79 Å². The lowest BCUT2D eigenvalue weighted by Crippen LogP contribution is -2.33. The molecule has 2 aromatic carbocycles. The van der Waals surface area contributed by atoms with Crippen molar-refractivity contribution in [3.8, 4) is 22.9 Å². The van der Waals surface area contributed by atoms with Gasteiger partial charge < -0.3 is 18.9 Å². The highest BCUT2D eigenvalue weighted by Gasteiger charge is 2.21. The largest absolute Gasteiger partial charge is 0.497 e. The van der Waals surface area contributed by atoms with Crippen molar-refractivity contribution in [2.75, 3.05) is 21.3 Å². The number of hydrogen-bond donors (Lipinski definition) is 0. The molecule has 0 fully saturated rings. The Hall–Kier alpha value is -3.00. The van der Waals surface area contributed by atoms with Crippen molar-refractivity contribution < 1.29 is 18.8 Å². The number of aromatic nitrogens is 2. The van der Waals surface area contributed by atoms with Gasteiger partial charge in [0, 0.05) is 18.9 Å². The lowest BCUT2D eigenvalue weighted by molar-refractivity contribution is -0.129. The summed E-state index contributed by atoms with van der Waals surface area (Å²) in [5.41, 5.74) is 1.88. The minimum Gasteiger partial charge on any atom is -0.497 e. The van der Waals surface area contributed by atoms with Crippen LogP contribution in [0.4, 0.5) is 0 Å². The zero-order chi connectivity index (χ0) is 21.5. The minimum absolute atomic E-state index is 0.0118. The highest BCUT2D eigenvalue weighted by atomic mass is 32.2. The van der Waals surface area contributed by atoms with Crippen LogP contribution in [0.1, 0.15) is 18.4 Å². The van der Waals surface area contributed by atoms with Gasteiger partial charge in [-0.15, -0.1) is 11.8 Å². The van der Waals surface area contributed by atoms with Gasteiger partial charge in [-0.05, 0) is 24.6 Å². The number of methoxy groups -OCH3 is 2. The molecule has 0 radical (unpaired) electrons. The third-order valence-corrected chi connectivity index (χ3v) is 5.76. The second-order valence-corrected chi connectivity index (χ2v) is 8.04. The molecule has 0 aliphatic rings. The van der Waals surface area contributed by atoms with Gasteiger partial charge in [0.1, 0.15) is 11.5 Å². The molecule has 30 heavy (non-hydrogen) atoms. The van der Waals surface area contributed by atoms with Crippen LogP contribution in [0.15, 0.2) is 53.1 Å². The summed E-state index contributed by atoms with van der Waals surface area (Å²) in [5, 5.41) is 3.85. The number of amides is 1. The third-order valence-electron chi connectivity index (χ3n) is 4.56. The first kappa shape index (κ1) is 21.7. The van der Waals surface area contributed by atoms with Gasteiger partial charge in [0.2, 0.25) is 17.6 Å². The molecular formula is C22H25N3O4S. The molecule has 0 aliphatic heterocycles. The molecule has 0 unspecified atom stereocenters. The van der Waals surface area contributed by atoms with Crippen LogP contribution < -0.4 is 9.47 Å². The van der Waals surface area contributed by atoms with Crippen molar-refractivity contribution in [2.24, 2.45) is 0 Å². The van der Waals surface area contributed by atoms with E-state index in [1.54, 1.807) is 50.1 Å². The lowest BCUT2D eigenvalue weighted by atomic mass is 10.2. The number of ether oxygens (including phenoxy) is 2. The average Bonchev–Trinajstić information content (AvgIpc) is 3.25. The molecule has 0 saturated carbocycles. The Balaban J connectivity index is 1.61. The van der Waals surface area contributed by atoms with Crippen LogP contribution in [0.5, 0.6) is 11.5 Å². The number of carbonyl (C=O) groups is 1. The highest BCUT2D eigenvalue weighted by molar-refractivity contribution is 7.99. The van der Waals surface area contributed by atoms with Gasteiger partial charge in [-0.25, -0.2) is 0 Å². The Bertz CT molecular complexity index is 978. The van der Waals surface area contributed by atoms with E-state index >= 15 is 0 Å². The predicted octanol–water partition coefficient (Wildman–Crippen LogP) is 4.03. The summed E-state index contributed by atoms with van der Waals surface area (Å²) < 4.78 is 16.0. The molecular weight excluding hydrogens is 402 g/mol. The molecule has 0 N–H and O–H groups in total. The van der Waals surface area contributed by atoms with Gasteiger partial charge in [-0.1, -0.05) is 35.5 Å². The number of thioether (sulfide) groups is 1. The Morgan fingerprint density at radius 3 is 2.63 bits per heavy atom. The Kier molecular flexibility index (Phi) is 7.35. The van der Waals surface area contributed by atoms with E-state index in [4.69, 9.17) is 14.0 Å². The maximum Gasteiger partial charge on any atom is 0.246 e. The van der Waals surface area contributed by atoms with E-state index in [1.807, 2.05) is 31.2 Å². The first-order chi connectivity index (χ1) is 14.5. The summed E-state index contributed by atoms with van der Waals surface area (Å²) in [5.74, 6) is 2.81. The topological polar surface area (TPSA) is 77.7 Å². The van der Waals surface area contributed by atoms with Crippen LogP contribution in [0.25, 0.3) is 11.4 Å². The monoisotopic (exact) mass is 427 g/mol. The maximum atomic E-state index is 12.7. The highest BCUT2D eigenvalue weighted by Crippen LogP contribution is 2.31. The molecule has 0 saturated heterocycles. The molecule has 0 spiro atoms. The molecule has 1 heterocycles. The van der Waals surface area contributed by atoms with E-state index in [0.717, 1.165) is 5.75 Å². The van der Waals surface area contributed by atoms with E-state index in [9.17, 15) is 4.79 Å². The molecule has 3 aromatic rings. The van der Waals surface area contributed by atoms with E-state index in [1.165, 1.54) is 5.56 Å². The van der Waals surface area contributed by atoms with Crippen molar-refractivity contribution in [1.29, 1.82) is 0 Å². The van der Waals surface area contributed by atoms with Crippen molar-refractivity contribution in [3.63, 3.8) is 0 Å². The first-order valence-electron chi connectivity index (χ1n) is 9.47. The second kappa shape index (κ2) is 10.2. The van der Waals surface area contributed by atoms with Crippen LogP contribution >= 0.6 is 11.8 Å². The number of carbonyl (C=O) groups excluding carboxylic acids is 1. The predicted molar refractivity (Wildman–Crippen MR) is 117 cm³/mol. The lowest BCUT2D eigenvalue weighted by Gasteiger charge is -2.19. The van der Waals surface area contributed by atoms with Crippen LogP contribution in [-0.4, -0.2) is 47.5 Å². The van der Waals surface area contributed by atoms with E-state index in [0.29, 0.717) is 28.8 Å². The normalized spacial score (nSPS) is 11.7. The summed E-state index contributed by atoms with van der Waals surface area (Å²) in [6.07, 6.45) is 0. The van der Waals surface area contributed by atoms with Crippen molar-refractivity contribution in [2.45, 2.75) is 24.5 Å². The van der Waals surface area contributed by atoms with Crippen LogP contribution in [0.2, 0.25) is 0 Å². The molecule has 8 heteroatoms. The molecule has 7 nitrogen and oxygen atoms in total. The smallest absolute Gasteiger partial charge is 0.246 e. The summed E-state index contributed by atoms with van der Waals surface area (Å²) in [6, 6.07) is 15.5. The maximum absolute atomic E-state index is 12.7. The number of benzene rings is 2. The van der Waals surface area contributed by atoms with Crippen molar-refractivity contribution >= 4 is 17.7 Å². The summed E-state index contributed by atoms with van der Waals surface area (Å²) in [6.45, 7) is 2.15. The zero-order valence-electron chi connectivity index (χ0n) is 17.5. The van der Waals surface area contributed by atoms with E-state index in [-0.39, 0.29) is 17.7 Å². The number of rotatable bonds is 9. The number of nitrogens with zero attached hydrogens (tertiary/aromatic N) is 3. The van der Waals surface area contributed by atoms with Gasteiger partial charge in [0.15, 0.2) is 0 Å². The third kappa shape index (κ3) is 5.33. The van der Waals surface area contributed by atoms with Gasteiger partial charge in [0.25, 0.3) is 0 Å². The van der Waals surface area contributed by atoms with Gasteiger partial charge in [0.05, 0.1) is 31.6 Å². The number of hydrogen-bond acceptors (Lipinski definition) is 7. The van der Waals surface area contributed by atoms with Crippen molar-refractivity contribution in [1.82, 2.24) is 15.0 Å². The fraction of sp³-hybridized carbons (Fsp3) is 0.318. The average molecular weight is 428 g/mol. The Morgan fingerprint density at radius 2 is 1.93 bits per heavy atom. The summed E-state index contributed by atoms with van der Waals surface area (Å²) in [4.78, 5) is 18.7. The van der Waals surface area contributed by atoms with E-state index in [2.05, 4.69) is 22.3 Å². The van der Waals surface area contributed by atoms with E-state index < -0.39 is 0 Å². The summed E-state index contributed by atoms with van der Waals surface area (Å²) in [7, 11) is 4.90. The molecule has 1 amide bonds. The van der Waals surface area contributed by atoms with Gasteiger partial charge in [-0.2, -0.15) is 4.98 Å². The standard InChI is InChI=1S/C22H25N3O4S/c1-15(30-14-16-8-6-5-7-9-16)22(26)25(2)13-20-23-21(24-29-20)18-11-10-17(27-3)12-19(18)28-4/h5-12,15H,13-14H2,1-4H3/t15-/m1/s1. The fourth-order valence-corrected chi connectivity index (χ4v) is 3.83. The second-order valence-electron chi connectivity index (χ2n) is 6.71. The Morgan fingerprint density at radius 1 is 1.17 bits per heavy atom. The minimum atomic E-state index is -0.181. The Labute approximate surface area is 180 Å². The molecule has 158 valence electrons. The molecule has 0 bridgehead atoms. The van der Waals surface area contributed by atoms with Crippen molar-refractivity contribution in [3.05, 3.63) is 60.0 Å². The molecule has 1 atom stereocenters. The zero-order valence-corrected chi connectivity index (χ0v) is 18.3.